The van der Waals surface area contributed by atoms with E-state index < -0.39 is 41.1 Å². The number of hydrogen-bond acceptors (Lipinski definition) is 7. The van der Waals surface area contributed by atoms with Crippen LogP contribution in [0.4, 0.5) is 13.2 Å². The molecule has 0 bridgehead atoms. The quantitative estimate of drug-likeness (QED) is 0.451. The Kier molecular flexibility index (Phi) is 7.98. The maximum atomic E-state index is 13.5. The Bertz CT molecular complexity index is 1560. The van der Waals surface area contributed by atoms with E-state index in [9.17, 15) is 32.3 Å². The van der Waals surface area contributed by atoms with Crippen LogP contribution < -0.4 is 20.7 Å². The molecular weight excluding hydrogens is 535 g/mol. The van der Waals surface area contributed by atoms with Gasteiger partial charge in [0.15, 0.2) is 11.5 Å². The number of carbonyl (C=O) groups is 2. The molecular formula is C26H26F3N5O6. The van der Waals surface area contributed by atoms with Crippen molar-refractivity contribution in [2.75, 3.05) is 40.4 Å². The molecule has 0 radical (unpaired) electrons. The topological polar surface area (TPSA) is 116 Å². The lowest BCUT2D eigenvalue weighted by Crippen LogP contribution is -2.52. The first-order chi connectivity index (χ1) is 18.9. The second-order valence-corrected chi connectivity index (χ2v) is 8.97. The van der Waals surface area contributed by atoms with E-state index in [0.717, 1.165) is 22.9 Å². The minimum atomic E-state index is -4.64. The molecule has 0 unspecified atom stereocenters. The predicted octanol–water partition coefficient (Wildman–Crippen LogP) is 1.78. The van der Waals surface area contributed by atoms with Gasteiger partial charge in [-0.25, -0.2) is 4.79 Å². The molecule has 2 heterocycles. The third-order valence-electron chi connectivity index (χ3n) is 6.48. The van der Waals surface area contributed by atoms with Gasteiger partial charge in [-0.15, -0.1) is 0 Å². The van der Waals surface area contributed by atoms with Crippen molar-refractivity contribution in [3.8, 4) is 17.2 Å². The highest BCUT2D eigenvalue weighted by Gasteiger charge is 2.31. The molecule has 11 nitrogen and oxygen atoms in total. The number of amides is 2. The van der Waals surface area contributed by atoms with Crippen molar-refractivity contribution in [1.82, 2.24) is 24.1 Å². The molecule has 0 saturated carbocycles. The van der Waals surface area contributed by atoms with Crippen LogP contribution in [0.1, 0.15) is 28.5 Å². The first kappa shape index (κ1) is 28.4. The predicted molar refractivity (Wildman–Crippen MR) is 136 cm³/mol. The van der Waals surface area contributed by atoms with Gasteiger partial charge in [0.25, 0.3) is 11.5 Å². The van der Waals surface area contributed by atoms with E-state index in [2.05, 4.69) is 5.10 Å². The Morgan fingerprint density at radius 1 is 0.925 bits per heavy atom. The maximum absolute atomic E-state index is 13.5. The summed E-state index contributed by atoms with van der Waals surface area (Å²) < 4.78 is 51.9. The number of benzene rings is 2. The minimum absolute atomic E-state index is 0.0209. The average Bonchev–Trinajstić information content (AvgIpc) is 2.94. The van der Waals surface area contributed by atoms with Crippen molar-refractivity contribution in [1.29, 1.82) is 0 Å². The first-order valence-corrected chi connectivity index (χ1v) is 12.1. The van der Waals surface area contributed by atoms with Gasteiger partial charge < -0.3 is 19.3 Å². The van der Waals surface area contributed by atoms with E-state index in [1.54, 1.807) is 4.90 Å². The highest BCUT2D eigenvalue weighted by atomic mass is 19.4. The summed E-state index contributed by atoms with van der Waals surface area (Å²) in [7, 11) is 2.79. The Morgan fingerprint density at radius 3 is 2.17 bits per heavy atom. The van der Waals surface area contributed by atoms with Gasteiger partial charge in [0, 0.05) is 39.2 Å². The van der Waals surface area contributed by atoms with Gasteiger partial charge >= 0.3 is 11.9 Å². The number of carbonyl (C=O) groups excluding carboxylic acids is 2. The van der Waals surface area contributed by atoms with E-state index in [4.69, 9.17) is 9.47 Å². The first-order valence-electron chi connectivity index (χ1n) is 12.1. The second-order valence-electron chi connectivity index (χ2n) is 8.97. The monoisotopic (exact) mass is 561 g/mol. The number of aromatic nitrogens is 3. The van der Waals surface area contributed by atoms with Crippen LogP contribution in [-0.2, 0) is 17.5 Å². The molecule has 1 fully saturated rings. The zero-order valence-electron chi connectivity index (χ0n) is 21.9. The molecule has 0 spiro atoms. The van der Waals surface area contributed by atoms with E-state index >= 15 is 0 Å². The third kappa shape index (κ3) is 5.70. The summed E-state index contributed by atoms with van der Waals surface area (Å²) >= 11 is 0. The fourth-order valence-electron chi connectivity index (χ4n) is 4.32. The Labute approximate surface area is 225 Å². The van der Waals surface area contributed by atoms with Crippen LogP contribution in [0.5, 0.6) is 11.5 Å². The minimum Gasteiger partial charge on any atom is -0.493 e. The Morgan fingerprint density at radius 2 is 1.57 bits per heavy atom. The van der Waals surface area contributed by atoms with Gasteiger partial charge in [0.1, 0.15) is 0 Å². The fourth-order valence-corrected chi connectivity index (χ4v) is 4.32. The van der Waals surface area contributed by atoms with Crippen LogP contribution in [0.3, 0.4) is 0 Å². The average molecular weight is 562 g/mol. The van der Waals surface area contributed by atoms with Crippen molar-refractivity contribution in [2.45, 2.75) is 19.6 Å². The van der Waals surface area contributed by atoms with Crippen LogP contribution in [0.25, 0.3) is 5.69 Å². The van der Waals surface area contributed by atoms with Crippen LogP contribution in [0.2, 0.25) is 0 Å². The zero-order valence-corrected chi connectivity index (χ0v) is 21.9. The van der Waals surface area contributed by atoms with Crippen molar-refractivity contribution < 1.29 is 32.2 Å². The summed E-state index contributed by atoms with van der Waals surface area (Å²) in [6.45, 7) is 1.61. The Hall–Kier alpha value is -4.62. The summed E-state index contributed by atoms with van der Waals surface area (Å²) in [6, 6.07) is 8.56. The van der Waals surface area contributed by atoms with Gasteiger partial charge in [-0.3, -0.25) is 19.0 Å². The van der Waals surface area contributed by atoms with Crippen molar-refractivity contribution in [3.63, 3.8) is 0 Å². The molecule has 212 valence electrons. The normalized spacial score (nSPS) is 13.8. The molecule has 1 aromatic heterocycles. The van der Waals surface area contributed by atoms with Gasteiger partial charge in [0.2, 0.25) is 11.6 Å². The molecule has 0 aliphatic carbocycles. The van der Waals surface area contributed by atoms with Gasteiger partial charge in [-0.2, -0.15) is 23.0 Å². The summed E-state index contributed by atoms with van der Waals surface area (Å²) in [5, 5.41) is 4.08. The van der Waals surface area contributed by atoms with Crippen molar-refractivity contribution >= 4 is 11.8 Å². The van der Waals surface area contributed by atoms with Crippen LogP contribution in [0.15, 0.2) is 52.1 Å². The molecule has 2 aromatic carbocycles. The fraction of sp³-hybridized carbons (Fsp3) is 0.346. The largest absolute Gasteiger partial charge is 0.493 e. The van der Waals surface area contributed by atoms with Crippen molar-refractivity contribution in [3.05, 3.63) is 80.1 Å². The summed E-state index contributed by atoms with van der Waals surface area (Å²) in [5.41, 5.74) is -3.45. The molecule has 40 heavy (non-hydrogen) atoms. The third-order valence-corrected chi connectivity index (χ3v) is 6.48. The van der Waals surface area contributed by atoms with E-state index in [1.165, 1.54) is 50.3 Å². The molecule has 3 aromatic rings. The number of methoxy groups -OCH3 is 2. The number of ether oxygens (including phenoxy) is 2. The van der Waals surface area contributed by atoms with E-state index in [-0.39, 0.29) is 49.1 Å². The lowest BCUT2D eigenvalue weighted by Gasteiger charge is -2.33. The molecule has 4 rings (SSSR count). The number of rotatable bonds is 6. The number of alkyl halides is 3. The van der Waals surface area contributed by atoms with Crippen LogP contribution >= 0.6 is 0 Å². The summed E-state index contributed by atoms with van der Waals surface area (Å²) in [4.78, 5) is 54.9. The van der Waals surface area contributed by atoms with E-state index in [0.29, 0.717) is 10.3 Å². The maximum Gasteiger partial charge on any atom is 0.416 e. The highest BCUT2D eigenvalue weighted by molar-refractivity contribution is 5.92. The lowest BCUT2D eigenvalue weighted by atomic mass is 10.1. The molecule has 1 aliphatic rings. The molecule has 0 atom stereocenters. The molecule has 1 aliphatic heterocycles. The molecule has 2 amide bonds. The number of nitrogens with zero attached hydrogens (tertiary/aromatic N) is 5. The van der Waals surface area contributed by atoms with Gasteiger partial charge in [0.05, 0.1) is 32.0 Å². The lowest BCUT2D eigenvalue weighted by molar-refractivity contribution is -0.137. The summed E-state index contributed by atoms with van der Waals surface area (Å²) in [6.07, 6.45) is -4.64. The molecule has 1 saturated heterocycles. The number of piperazine rings is 1. The SMILES string of the molecule is COc1ccc(-n2nc(C(=O)N3CCN(C(C)=O)CC3)c(=O)n(Cc3cccc(C(F)(F)F)c3)c2=O)cc1OC. The van der Waals surface area contributed by atoms with Crippen molar-refractivity contribution in [2.24, 2.45) is 0 Å². The van der Waals surface area contributed by atoms with E-state index in [1.807, 2.05) is 0 Å². The Balaban J connectivity index is 1.84. The van der Waals surface area contributed by atoms with Gasteiger partial charge in [-0.05, 0) is 29.8 Å². The number of halogens is 3. The highest BCUT2D eigenvalue weighted by Crippen LogP contribution is 2.30. The number of hydrogen-bond donors (Lipinski definition) is 0. The van der Waals surface area contributed by atoms with Gasteiger partial charge in [-0.1, -0.05) is 12.1 Å². The van der Waals surface area contributed by atoms with Crippen LogP contribution in [-0.4, -0.2) is 76.4 Å². The molecule has 14 heteroatoms. The zero-order chi connectivity index (χ0) is 29.2. The van der Waals surface area contributed by atoms with Crippen LogP contribution in [0, 0.1) is 0 Å². The standard InChI is InChI=1S/C26H26F3N5O6/c1-16(35)31-9-11-32(12-10-31)23(36)22-24(37)33(15-17-5-4-6-18(13-17)26(27,28)29)25(38)34(30-22)19-7-8-20(39-2)21(14-19)40-3/h4-8,13-14H,9-12,15H2,1-3H3. The summed E-state index contributed by atoms with van der Waals surface area (Å²) in [5.74, 6) is -0.357. The smallest absolute Gasteiger partial charge is 0.416 e. The molecule has 0 N–H and O–H groups in total. The second kappa shape index (κ2) is 11.2.